The number of rotatable bonds is 7. The first-order valence-corrected chi connectivity index (χ1v) is 9.57. The lowest BCUT2D eigenvalue weighted by molar-refractivity contribution is 0.394. The van der Waals surface area contributed by atoms with Gasteiger partial charge >= 0.3 is 0 Å². The van der Waals surface area contributed by atoms with E-state index in [0.29, 0.717) is 6.04 Å². The van der Waals surface area contributed by atoms with Gasteiger partial charge in [-0.05, 0) is 18.6 Å². The van der Waals surface area contributed by atoms with E-state index in [-0.39, 0.29) is 24.0 Å². The van der Waals surface area contributed by atoms with E-state index < -0.39 is 0 Å². The Labute approximate surface area is 189 Å². The number of benzene rings is 1. The van der Waals surface area contributed by atoms with Gasteiger partial charge in [-0.15, -0.1) is 24.0 Å². The maximum atomic E-state index is 5.39. The number of hydrogen-bond donors (Lipinski definition) is 2. The Hall–Kier alpha value is -2.23. The fraction of sp³-hybridized carbons (Fsp3) is 0.429. The highest BCUT2D eigenvalue weighted by atomic mass is 127. The fourth-order valence-electron chi connectivity index (χ4n) is 3.33. The van der Waals surface area contributed by atoms with E-state index in [0.717, 1.165) is 61.3 Å². The SMILES string of the molecule is CN=C(NCCc1ccccn1)NC1CCN(c2cc(OC)cc(OC)c2)C1.I. The second kappa shape index (κ2) is 11.7. The van der Waals surface area contributed by atoms with Crippen LogP contribution in [0.4, 0.5) is 5.69 Å². The van der Waals surface area contributed by atoms with E-state index in [9.17, 15) is 0 Å². The highest BCUT2D eigenvalue weighted by Gasteiger charge is 2.24. The summed E-state index contributed by atoms with van der Waals surface area (Å²) >= 11 is 0. The summed E-state index contributed by atoms with van der Waals surface area (Å²) < 4.78 is 10.8. The summed E-state index contributed by atoms with van der Waals surface area (Å²) in [4.78, 5) is 11.0. The van der Waals surface area contributed by atoms with Gasteiger partial charge in [0.1, 0.15) is 11.5 Å². The molecule has 1 unspecified atom stereocenters. The summed E-state index contributed by atoms with van der Waals surface area (Å²) in [6, 6.07) is 12.3. The molecule has 1 aromatic carbocycles. The van der Waals surface area contributed by atoms with Crippen molar-refractivity contribution in [3.63, 3.8) is 0 Å². The number of pyridine rings is 1. The number of nitrogens with one attached hydrogen (secondary N) is 2. The molecule has 0 amide bonds. The van der Waals surface area contributed by atoms with Crippen LogP contribution in [0.25, 0.3) is 0 Å². The summed E-state index contributed by atoms with van der Waals surface area (Å²) in [5, 5.41) is 6.90. The van der Waals surface area contributed by atoms with Crippen molar-refractivity contribution in [3.8, 4) is 11.5 Å². The number of nitrogens with zero attached hydrogens (tertiary/aromatic N) is 3. The molecule has 1 aliphatic rings. The largest absolute Gasteiger partial charge is 0.497 e. The average Bonchev–Trinajstić information content (AvgIpc) is 3.22. The van der Waals surface area contributed by atoms with Gasteiger partial charge in [-0.1, -0.05) is 6.07 Å². The Kier molecular flexibility index (Phi) is 9.30. The first-order valence-electron chi connectivity index (χ1n) is 9.57. The number of hydrogen-bond acceptors (Lipinski definition) is 5. The summed E-state index contributed by atoms with van der Waals surface area (Å²) in [6.07, 6.45) is 3.73. The number of guanidine groups is 1. The fourth-order valence-corrected chi connectivity index (χ4v) is 3.33. The quantitative estimate of drug-likeness (QED) is 0.339. The third-order valence-electron chi connectivity index (χ3n) is 4.85. The minimum Gasteiger partial charge on any atom is -0.497 e. The topological polar surface area (TPSA) is 71.0 Å². The number of aromatic nitrogens is 1. The van der Waals surface area contributed by atoms with Crippen LogP contribution in [0.1, 0.15) is 12.1 Å². The molecule has 0 bridgehead atoms. The van der Waals surface area contributed by atoms with E-state index in [1.165, 1.54) is 0 Å². The normalized spacial score (nSPS) is 16.2. The zero-order valence-electron chi connectivity index (χ0n) is 17.2. The summed E-state index contributed by atoms with van der Waals surface area (Å²) in [6.45, 7) is 2.66. The molecule has 8 heteroatoms. The minimum absolute atomic E-state index is 0. The van der Waals surface area contributed by atoms with Gasteiger partial charge in [0.05, 0.1) is 14.2 Å². The molecule has 1 aromatic heterocycles. The predicted octanol–water partition coefficient (Wildman–Crippen LogP) is 2.70. The van der Waals surface area contributed by atoms with Gasteiger partial charge in [0.25, 0.3) is 0 Å². The summed E-state index contributed by atoms with van der Waals surface area (Å²) in [5.41, 5.74) is 2.18. The third kappa shape index (κ3) is 6.66. The van der Waals surface area contributed by atoms with Crippen molar-refractivity contribution in [1.29, 1.82) is 0 Å². The lowest BCUT2D eigenvalue weighted by Crippen LogP contribution is -2.45. The van der Waals surface area contributed by atoms with Gasteiger partial charge in [0, 0.05) is 74.9 Å². The smallest absolute Gasteiger partial charge is 0.191 e. The second-order valence-corrected chi connectivity index (χ2v) is 6.72. The standard InChI is InChI=1S/C21H29N5O2.HI/c1-22-21(24-10-7-16-6-4-5-9-23-16)25-17-8-11-26(15-17)18-12-19(27-2)14-20(13-18)28-3;/h4-6,9,12-14,17H,7-8,10-11,15H2,1-3H3,(H2,22,24,25);1H. The van der Waals surface area contributed by atoms with Gasteiger partial charge in [-0.2, -0.15) is 0 Å². The number of ether oxygens (including phenoxy) is 2. The molecule has 0 saturated carbocycles. The zero-order valence-corrected chi connectivity index (χ0v) is 19.6. The van der Waals surface area contributed by atoms with Crippen LogP contribution in [-0.2, 0) is 6.42 Å². The second-order valence-electron chi connectivity index (χ2n) is 6.72. The molecule has 1 saturated heterocycles. The molecule has 1 aliphatic heterocycles. The number of halogens is 1. The van der Waals surface area contributed by atoms with E-state index in [4.69, 9.17) is 9.47 Å². The van der Waals surface area contributed by atoms with Gasteiger partial charge in [0.15, 0.2) is 5.96 Å². The van der Waals surface area contributed by atoms with Crippen LogP contribution < -0.4 is 25.0 Å². The Balaban J connectivity index is 0.00000300. The molecule has 0 aliphatic carbocycles. The predicted molar refractivity (Wildman–Crippen MR) is 128 cm³/mol. The van der Waals surface area contributed by atoms with Crippen LogP contribution in [0.3, 0.4) is 0 Å². The molecule has 0 radical (unpaired) electrons. The lowest BCUT2D eigenvalue weighted by Gasteiger charge is -2.21. The monoisotopic (exact) mass is 511 g/mol. The van der Waals surface area contributed by atoms with Gasteiger partial charge in [-0.25, -0.2) is 0 Å². The molecule has 29 heavy (non-hydrogen) atoms. The lowest BCUT2D eigenvalue weighted by atomic mass is 10.2. The average molecular weight is 511 g/mol. The molecular formula is C21H30IN5O2. The number of aliphatic imine (C=N–C) groups is 1. The van der Waals surface area contributed by atoms with Crippen LogP contribution in [0.2, 0.25) is 0 Å². The zero-order chi connectivity index (χ0) is 19.8. The van der Waals surface area contributed by atoms with E-state index in [1.807, 2.05) is 42.6 Å². The van der Waals surface area contributed by atoms with Crippen LogP contribution in [-0.4, -0.2) is 57.9 Å². The molecule has 1 atom stereocenters. The molecular weight excluding hydrogens is 481 g/mol. The maximum absolute atomic E-state index is 5.39. The number of methoxy groups -OCH3 is 2. The van der Waals surface area contributed by atoms with Crippen LogP contribution in [0, 0.1) is 0 Å². The first-order chi connectivity index (χ1) is 13.7. The van der Waals surface area contributed by atoms with Crippen LogP contribution >= 0.6 is 24.0 Å². The van der Waals surface area contributed by atoms with Crippen molar-refractivity contribution in [1.82, 2.24) is 15.6 Å². The molecule has 2 N–H and O–H groups in total. The molecule has 0 spiro atoms. The van der Waals surface area contributed by atoms with E-state index in [2.05, 4.69) is 25.5 Å². The van der Waals surface area contributed by atoms with Crippen LogP contribution in [0.15, 0.2) is 47.6 Å². The van der Waals surface area contributed by atoms with Crippen molar-refractivity contribution >= 4 is 35.6 Å². The highest BCUT2D eigenvalue weighted by Crippen LogP contribution is 2.30. The molecule has 3 rings (SSSR count). The van der Waals surface area contributed by atoms with E-state index >= 15 is 0 Å². The first kappa shape index (κ1) is 23.1. The summed E-state index contributed by atoms with van der Waals surface area (Å²) in [7, 11) is 5.15. The van der Waals surface area contributed by atoms with Crippen molar-refractivity contribution in [2.24, 2.45) is 4.99 Å². The van der Waals surface area contributed by atoms with Crippen molar-refractivity contribution in [2.45, 2.75) is 18.9 Å². The van der Waals surface area contributed by atoms with Gasteiger partial charge in [0.2, 0.25) is 0 Å². The van der Waals surface area contributed by atoms with E-state index in [1.54, 1.807) is 21.3 Å². The Morgan fingerprint density at radius 3 is 2.59 bits per heavy atom. The molecule has 1 fully saturated rings. The molecule has 158 valence electrons. The molecule has 2 heterocycles. The van der Waals surface area contributed by atoms with Crippen molar-refractivity contribution < 1.29 is 9.47 Å². The van der Waals surface area contributed by atoms with Crippen molar-refractivity contribution in [2.75, 3.05) is 45.8 Å². The van der Waals surface area contributed by atoms with Gasteiger partial charge < -0.3 is 25.0 Å². The minimum atomic E-state index is 0. The Bertz CT molecular complexity index is 766. The Morgan fingerprint density at radius 1 is 1.21 bits per heavy atom. The van der Waals surface area contributed by atoms with Crippen molar-refractivity contribution in [3.05, 3.63) is 48.3 Å². The highest BCUT2D eigenvalue weighted by molar-refractivity contribution is 14.0. The molecule has 2 aromatic rings. The third-order valence-corrected chi connectivity index (χ3v) is 4.85. The van der Waals surface area contributed by atoms with Gasteiger partial charge in [-0.3, -0.25) is 9.98 Å². The maximum Gasteiger partial charge on any atom is 0.191 e. The number of anilines is 1. The Morgan fingerprint density at radius 2 is 1.97 bits per heavy atom. The summed E-state index contributed by atoms with van der Waals surface area (Å²) in [5.74, 6) is 2.43. The molecule has 7 nitrogen and oxygen atoms in total. The van der Waals surface area contributed by atoms with Crippen LogP contribution in [0.5, 0.6) is 11.5 Å².